The van der Waals surface area contributed by atoms with Gasteiger partial charge < -0.3 is 5.11 Å². The zero-order chi connectivity index (χ0) is 12.4. The van der Waals surface area contributed by atoms with Crippen molar-refractivity contribution in [2.24, 2.45) is 0 Å². The van der Waals surface area contributed by atoms with Gasteiger partial charge in [-0.25, -0.2) is 18.0 Å². The zero-order valence-corrected chi connectivity index (χ0v) is 7.33. The van der Waals surface area contributed by atoms with Gasteiger partial charge in [0.2, 0.25) is 5.83 Å². The Morgan fingerprint density at radius 3 is 1.87 bits per heavy atom. The standard InChI is InChI=1S/C7H6F6O2/c1-6(10,2-8)3(5(14)15)4(9)7(11,12)13/h2H2,1H3,(H,14,15). The van der Waals surface area contributed by atoms with E-state index < -0.39 is 35.9 Å². The zero-order valence-electron chi connectivity index (χ0n) is 7.33. The first kappa shape index (κ1) is 13.8. The first-order chi connectivity index (χ1) is 6.54. The monoisotopic (exact) mass is 236 g/mol. The van der Waals surface area contributed by atoms with E-state index in [1.165, 1.54) is 0 Å². The summed E-state index contributed by atoms with van der Waals surface area (Å²) in [6.07, 6.45) is -5.66. The highest BCUT2D eigenvalue weighted by Gasteiger charge is 2.46. The molecule has 0 aliphatic rings. The van der Waals surface area contributed by atoms with E-state index in [4.69, 9.17) is 5.11 Å². The Bertz CT molecular complexity index is 290. The fraction of sp³-hybridized carbons (Fsp3) is 0.571. The number of aliphatic carboxylic acids is 1. The highest BCUT2D eigenvalue weighted by Crippen LogP contribution is 2.35. The number of hydrogen-bond acceptors (Lipinski definition) is 1. The van der Waals surface area contributed by atoms with Crippen molar-refractivity contribution in [3.05, 3.63) is 11.4 Å². The van der Waals surface area contributed by atoms with Gasteiger partial charge in [-0.3, -0.25) is 0 Å². The average molecular weight is 236 g/mol. The van der Waals surface area contributed by atoms with Gasteiger partial charge in [-0.05, 0) is 6.92 Å². The van der Waals surface area contributed by atoms with Crippen LogP contribution in [0.3, 0.4) is 0 Å². The van der Waals surface area contributed by atoms with Crippen LogP contribution in [0.2, 0.25) is 0 Å². The van der Waals surface area contributed by atoms with E-state index in [2.05, 4.69) is 0 Å². The van der Waals surface area contributed by atoms with Crippen molar-refractivity contribution in [1.82, 2.24) is 0 Å². The minimum absolute atomic E-state index is 0.210. The molecule has 15 heavy (non-hydrogen) atoms. The van der Waals surface area contributed by atoms with E-state index in [1.54, 1.807) is 0 Å². The van der Waals surface area contributed by atoms with Gasteiger partial charge in [0.1, 0.15) is 12.2 Å². The lowest BCUT2D eigenvalue weighted by molar-refractivity contribution is -0.138. The Morgan fingerprint density at radius 2 is 1.67 bits per heavy atom. The molecule has 0 aromatic carbocycles. The number of carboxylic acids is 1. The molecule has 0 heterocycles. The van der Waals surface area contributed by atoms with Gasteiger partial charge >= 0.3 is 12.1 Å². The molecule has 0 saturated heterocycles. The fourth-order valence-electron chi connectivity index (χ4n) is 0.754. The number of rotatable bonds is 3. The minimum atomic E-state index is -5.66. The quantitative estimate of drug-likeness (QED) is 0.604. The summed E-state index contributed by atoms with van der Waals surface area (Å²) < 4.78 is 72.6. The van der Waals surface area contributed by atoms with Crippen molar-refractivity contribution in [3.8, 4) is 0 Å². The summed E-state index contributed by atoms with van der Waals surface area (Å²) in [5.41, 5.74) is -5.79. The summed E-state index contributed by atoms with van der Waals surface area (Å²) in [5.74, 6) is -5.63. The molecule has 1 atom stereocenters. The summed E-state index contributed by atoms with van der Waals surface area (Å²) in [6, 6.07) is 0. The predicted molar refractivity (Wildman–Crippen MR) is 37.3 cm³/mol. The highest BCUT2D eigenvalue weighted by atomic mass is 19.4. The molecule has 88 valence electrons. The molecule has 0 fully saturated rings. The van der Waals surface area contributed by atoms with Gasteiger partial charge in [0.25, 0.3) is 0 Å². The van der Waals surface area contributed by atoms with Gasteiger partial charge in [0.05, 0.1) is 0 Å². The number of allylic oxidation sites excluding steroid dienone is 1. The predicted octanol–water partition coefficient (Wildman–Crippen LogP) is 2.55. The third-order valence-electron chi connectivity index (χ3n) is 1.45. The molecule has 0 radical (unpaired) electrons. The Morgan fingerprint density at radius 1 is 1.27 bits per heavy atom. The highest BCUT2D eigenvalue weighted by molar-refractivity contribution is 5.89. The molecule has 0 aromatic rings. The van der Waals surface area contributed by atoms with Crippen LogP contribution in [0.4, 0.5) is 26.3 Å². The van der Waals surface area contributed by atoms with Crippen molar-refractivity contribution in [2.45, 2.75) is 18.8 Å². The Labute approximate surface area is 80.2 Å². The number of carbonyl (C=O) groups is 1. The number of alkyl halides is 5. The third-order valence-corrected chi connectivity index (χ3v) is 1.45. The van der Waals surface area contributed by atoms with Crippen LogP contribution in [0.5, 0.6) is 0 Å². The molecule has 0 aliphatic heterocycles. The molecule has 1 unspecified atom stereocenters. The maximum absolute atomic E-state index is 13.0. The second-order valence-corrected chi connectivity index (χ2v) is 2.82. The SMILES string of the molecule is CC(F)(CF)C(C(=O)O)=C(F)C(F)(F)F. The van der Waals surface area contributed by atoms with Crippen LogP contribution in [-0.4, -0.2) is 29.6 Å². The van der Waals surface area contributed by atoms with Crippen molar-refractivity contribution in [1.29, 1.82) is 0 Å². The molecule has 0 aromatic heterocycles. The topological polar surface area (TPSA) is 37.3 Å². The average Bonchev–Trinajstić information content (AvgIpc) is 2.01. The van der Waals surface area contributed by atoms with Crippen LogP contribution in [0.25, 0.3) is 0 Å². The molecule has 0 rings (SSSR count). The minimum Gasteiger partial charge on any atom is -0.478 e. The molecule has 0 saturated carbocycles. The van der Waals surface area contributed by atoms with E-state index >= 15 is 0 Å². The third kappa shape index (κ3) is 3.14. The maximum Gasteiger partial charge on any atom is 0.443 e. The maximum atomic E-state index is 13.0. The number of carboxylic acid groups (broad SMARTS) is 1. The Kier molecular flexibility index (Phi) is 3.78. The Balaban J connectivity index is 5.62. The van der Waals surface area contributed by atoms with Gasteiger partial charge in [-0.2, -0.15) is 13.2 Å². The molecular formula is C7H6F6O2. The van der Waals surface area contributed by atoms with Crippen LogP contribution < -0.4 is 0 Å². The molecular weight excluding hydrogens is 230 g/mol. The molecule has 0 bridgehead atoms. The van der Waals surface area contributed by atoms with Gasteiger partial charge in [0.15, 0.2) is 5.67 Å². The van der Waals surface area contributed by atoms with Crippen molar-refractivity contribution in [2.75, 3.05) is 6.67 Å². The van der Waals surface area contributed by atoms with E-state index in [1.807, 2.05) is 0 Å². The van der Waals surface area contributed by atoms with E-state index in [0.717, 1.165) is 0 Å². The largest absolute Gasteiger partial charge is 0.478 e. The van der Waals surface area contributed by atoms with Crippen molar-refractivity contribution in [3.63, 3.8) is 0 Å². The smallest absolute Gasteiger partial charge is 0.443 e. The second kappa shape index (κ2) is 4.11. The molecule has 2 nitrogen and oxygen atoms in total. The van der Waals surface area contributed by atoms with Crippen molar-refractivity contribution >= 4 is 5.97 Å². The summed E-state index contributed by atoms with van der Waals surface area (Å²) in [6.45, 7) is -1.86. The number of halogens is 6. The summed E-state index contributed by atoms with van der Waals surface area (Å²) in [4.78, 5) is 10.2. The van der Waals surface area contributed by atoms with E-state index in [0.29, 0.717) is 0 Å². The lowest BCUT2D eigenvalue weighted by Gasteiger charge is -2.18. The summed E-state index contributed by atoms with van der Waals surface area (Å²) in [5, 5.41) is 8.17. The molecule has 0 aliphatic carbocycles. The van der Waals surface area contributed by atoms with Crippen LogP contribution >= 0.6 is 0 Å². The van der Waals surface area contributed by atoms with Gasteiger partial charge in [-0.15, -0.1) is 0 Å². The van der Waals surface area contributed by atoms with Crippen LogP contribution in [0.15, 0.2) is 11.4 Å². The van der Waals surface area contributed by atoms with Crippen molar-refractivity contribution < 1.29 is 36.2 Å². The number of hydrogen-bond donors (Lipinski definition) is 1. The summed E-state index contributed by atoms with van der Waals surface area (Å²) >= 11 is 0. The molecule has 0 spiro atoms. The van der Waals surface area contributed by atoms with Crippen LogP contribution in [-0.2, 0) is 4.79 Å². The fourth-order valence-corrected chi connectivity index (χ4v) is 0.754. The first-order valence-corrected chi connectivity index (χ1v) is 3.49. The van der Waals surface area contributed by atoms with Crippen LogP contribution in [0.1, 0.15) is 6.92 Å². The van der Waals surface area contributed by atoms with E-state index in [9.17, 15) is 31.1 Å². The lowest BCUT2D eigenvalue weighted by atomic mass is 9.98. The van der Waals surface area contributed by atoms with Crippen LogP contribution in [0, 0.1) is 0 Å². The molecule has 8 heteroatoms. The second-order valence-electron chi connectivity index (χ2n) is 2.82. The molecule has 1 N–H and O–H groups in total. The van der Waals surface area contributed by atoms with E-state index in [-0.39, 0.29) is 6.92 Å². The normalized spacial score (nSPS) is 18.1. The Hall–Kier alpha value is -1.21. The van der Waals surface area contributed by atoms with Gasteiger partial charge in [0, 0.05) is 0 Å². The lowest BCUT2D eigenvalue weighted by Crippen LogP contribution is -2.32. The first-order valence-electron chi connectivity index (χ1n) is 3.49. The summed E-state index contributed by atoms with van der Waals surface area (Å²) in [7, 11) is 0. The molecule has 0 amide bonds. The van der Waals surface area contributed by atoms with Gasteiger partial charge in [-0.1, -0.05) is 0 Å².